The van der Waals surface area contributed by atoms with Gasteiger partial charge in [0.05, 0.1) is 5.60 Å². The molecule has 216 valence electrons. The van der Waals surface area contributed by atoms with E-state index in [1.807, 2.05) is 64.4 Å². The maximum atomic E-state index is 14.2. The number of aliphatic hydroxyl groups is 1. The van der Waals surface area contributed by atoms with Crippen LogP contribution in [0.4, 0.5) is 14.0 Å². The average molecular weight is 560 g/mol. The van der Waals surface area contributed by atoms with Gasteiger partial charge in [0.15, 0.2) is 0 Å². The number of carbonyl (C=O) groups excluding carboxylic acids is 2. The maximum absolute atomic E-state index is 14.2. The van der Waals surface area contributed by atoms with Crippen molar-refractivity contribution in [2.75, 3.05) is 13.1 Å². The Hall–Kier alpha value is -3.91. The van der Waals surface area contributed by atoms with Crippen LogP contribution in [-0.2, 0) is 37.4 Å². The number of amides is 3. The number of carbonyl (C=O) groups is 2. The lowest BCUT2D eigenvalue weighted by Gasteiger charge is -2.39. The van der Waals surface area contributed by atoms with Crippen LogP contribution >= 0.6 is 0 Å². The molecule has 1 N–H and O–H groups in total. The lowest BCUT2D eigenvalue weighted by atomic mass is 9.98. The molecule has 0 radical (unpaired) electrons. The second-order valence-corrected chi connectivity index (χ2v) is 11.7. The molecule has 0 spiro atoms. The Morgan fingerprint density at radius 3 is 2.29 bits per heavy atom. The zero-order valence-electron chi connectivity index (χ0n) is 23.8. The molecule has 3 amide bonds. The highest BCUT2D eigenvalue weighted by atomic mass is 19.1. The Morgan fingerprint density at radius 1 is 0.927 bits per heavy atom. The van der Waals surface area contributed by atoms with Crippen LogP contribution in [0.2, 0.25) is 0 Å². The van der Waals surface area contributed by atoms with Gasteiger partial charge in [-0.25, -0.2) is 14.0 Å². The van der Waals surface area contributed by atoms with Crippen molar-refractivity contribution < 1.29 is 23.8 Å². The summed E-state index contributed by atoms with van der Waals surface area (Å²) in [6, 6.07) is 22.1. The van der Waals surface area contributed by atoms with Gasteiger partial charge in [-0.3, -0.25) is 0 Å². The molecule has 2 aliphatic heterocycles. The van der Waals surface area contributed by atoms with Crippen molar-refractivity contribution in [2.24, 2.45) is 0 Å². The molecule has 0 saturated carbocycles. The van der Waals surface area contributed by atoms with Gasteiger partial charge in [0.2, 0.25) is 0 Å². The highest BCUT2D eigenvalue weighted by Crippen LogP contribution is 2.28. The quantitative estimate of drug-likeness (QED) is 0.393. The lowest BCUT2D eigenvalue weighted by molar-refractivity contribution is 0.0674. The number of ether oxygens (including phenoxy) is 1. The first-order chi connectivity index (χ1) is 19.6. The maximum Gasteiger partial charge on any atom is 0.410 e. The third kappa shape index (κ3) is 7.44. The number of hydrogen-bond acceptors (Lipinski definition) is 4. The Morgan fingerprint density at radius 2 is 1.61 bits per heavy atom. The van der Waals surface area contributed by atoms with Gasteiger partial charge in [0, 0.05) is 45.2 Å². The largest absolute Gasteiger partial charge is 0.445 e. The number of piperidine rings is 1. The molecule has 0 aliphatic carbocycles. The second-order valence-electron chi connectivity index (χ2n) is 11.7. The van der Waals surface area contributed by atoms with E-state index in [0.717, 1.165) is 27.8 Å². The van der Waals surface area contributed by atoms with Crippen molar-refractivity contribution in [3.8, 4) is 0 Å². The van der Waals surface area contributed by atoms with E-state index in [1.165, 1.54) is 12.1 Å². The molecule has 2 aliphatic rings. The normalized spacial score (nSPS) is 16.4. The van der Waals surface area contributed by atoms with Crippen molar-refractivity contribution in [2.45, 2.75) is 71.0 Å². The van der Waals surface area contributed by atoms with Crippen molar-refractivity contribution in [1.29, 1.82) is 0 Å². The summed E-state index contributed by atoms with van der Waals surface area (Å²) in [6.07, 6.45) is 1.44. The Labute approximate surface area is 241 Å². The van der Waals surface area contributed by atoms with Crippen molar-refractivity contribution in [3.05, 3.63) is 106 Å². The monoisotopic (exact) mass is 559 g/mol. The number of benzene rings is 3. The van der Waals surface area contributed by atoms with E-state index in [2.05, 4.69) is 0 Å². The summed E-state index contributed by atoms with van der Waals surface area (Å²) in [5.74, 6) is -0.317. The number of likely N-dealkylation sites (tertiary alicyclic amines) is 1. The van der Waals surface area contributed by atoms with Crippen LogP contribution in [0.1, 0.15) is 54.5 Å². The van der Waals surface area contributed by atoms with E-state index in [9.17, 15) is 19.1 Å². The smallest absolute Gasteiger partial charge is 0.410 e. The summed E-state index contributed by atoms with van der Waals surface area (Å²) in [7, 11) is 0. The number of fused-ring (bicyclic) bond motifs is 1. The molecular weight excluding hydrogens is 521 g/mol. The molecular formula is C33H38FN3O4. The SMILES string of the molecule is CC(C)(O)Cc1ccc(CN2Cc3ccc(F)cc3CN(C3CCN(C(=O)OCc4ccccc4)CC3)C2=O)cc1. The van der Waals surface area contributed by atoms with Gasteiger partial charge in [-0.05, 0) is 66.6 Å². The van der Waals surface area contributed by atoms with Crippen LogP contribution in [0.25, 0.3) is 0 Å². The fourth-order valence-electron chi connectivity index (χ4n) is 5.66. The Balaban J connectivity index is 1.27. The van der Waals surface area contributed by atoms with E-state index in [1.54, 1.807) is 24.8 Å². The van der Waals surface area contributed by atoms with Crippen LogP contribution in [0.15, 0.2) is 72.8 Å². The molecule has 2 heterocycles. The predicted molar refractivity (Wildman–Crippen MR) is 154 cm³/mol. The minimum Gasteiger partial charge on any atom is -0.445 e. The van der Waals surface area contributed by atoms with Crippen molar-refractivity contribution in [3.63, 3.8) is 0 Å². The molecule has 5 rings (SSSR count). The van der Waals surface area contributed by atoms with E-state index in [0.29, 0.717) is 52.0 Å². The Bertz CT molecular complexity index is 1350. The number of urea groups is 1. The van der Waals surface area contributed by atoms with Crippen LogP contribution in [0.5, 0.6) is 0 Å². The molecule has 0 unspecified atom stereocenters. The molecule has 0 aromatic heterocycles. The fraction of sp³-hybridized carbons (Fsp3) is 0.394. The molecule has 1 saturated heterocycles. The number of hydrogen-bond donors (Lipinski definition) is 1. The lowest BCUT2D eigenvalue weighted by Crippen LogP contribution is -2.51. The number of nitrogens with zero attached hydrogens (tertiary/aromatic N) is 3. The summed E-state index contributed by atoms with van der Waals surface area (Å²) in [4.78, 5) is 32.0. The van der Waals surface area contributed by atoms with Gasteiger partial charge < -0.3 is 24.5 Å². The zero-order chi connectivity index (χ0) is 29.0. The highest BCUT2D eigenvalue weighted by Gasteiger charge is 2.35. The second kappa shape index (κ2) is 12.3. The van der Waals surface area contributed by atoms with Crippen LogP contribution in [0.3, 0.4) is 0 Å². The van der Waals surface area contributed by atoms with E-state index < -0.39 is 5.60 Å². The van der Waals surface area contributed by atoms with E-state index >= 15 is 0 Å². The third-order valence-corrected chi connectivity index (χ3v) is 7.79. The van der Waals surface area contributed by atoms with Crippen molar-refractivity contribution >= 4 is 12.1 Å². The minimum atomic E-state index is -0.796. The number of halogens is 1. The van der Waals surface area contributed by atoms with Gasteiger partial charge in [-0.15, -0.1) is 0 Å². The topological polar surface area (TPSA) is 73.3 Å². The standard InChI is InChI=1S/C33H38FN3O4/c1-33(2,40)19-24-8-10-25(11-9-24)20-36-21-27-12-13-29(34)18-28(27)22-37(31(36)38)30-14-16-35(17-15-30)32(39)41-23-26-6-4-3-5-7-26/h3-13,18,30,40H,14-17,19-23H2,1-2H3. The average Bonchev–Trinajstić information content (AvgIpc) is 3.08. The highest BCUT2D eigenvalue weighted by molar-refractivity contribution is 5.76. The summed E-state index contributed by atoms with van der Waals surface area (Å²) < 4.78 is 19.7. The summed E-state index contributed by atoms with van der Waals surface area (Å²) in [5, 5.41) is 10.1. The van der Waals surface area contributed by atoms with Gasteiger partial charge in [-0.1, -0.05) is 60.7 Å². The van der Waals surface area contributed by atoms with E-state index in [4.69, 9.17) is 4.74 Å². The summed E-state index contributed by atoms with van der Waals surface area (Å²) in [6.45, 7) is 5.89. The fourth-order valence-corrected chi connectivity index (χ4v) is 5.66. The first-order valence-corrected chi connectivity index (χ1v) is 14.2. The number of rotatable bonds is 7. The molecule has 8 heteroatoms. The third-order valence-electron chi connectivity index (χ3n) is 7.79. The molecule has 7 nitrogen and oxygen atoms in total. The van der Waals surface area contributed by atoms with Gasteiger partial charge in [0.25, 0.3) is 0 Å². The van der Waals surface area contributed by atoms with E-state index in [-0.39, 0.29) is 30.6 Å². The predicted octanol–water partition coefficient (Wildman–Crippen LogP) is 5.88. The van der Waals surface area contributed by atoms with Gasteiger partial charge in [0.1, 0.15) is 12.4 Å². The van der Waals surface area contributed by atoms with Crippen LogP contribution in [-0.4, -0.2) is 56.7 Å². The first kappa shape index (κ1) is 28.6. The zero-order valence-corrected chi connectivity index (χ0v) is 23.8. The first-order valence-electron chi connectivity index (χ1n) is 14.2. The molecule has 41 heavy (non-hydrogen) atoms. The van der Waals surface area contributed by atoms with Gasteiger partial charge in [-0.2, -0.15) is 0 Å². The molecule has 3 aromatic carbocycles. The van der Waals surface area contributed by atoms with Crippen LogP contribution < -0.4 is 0 Å². The van der Waals surface area contributed by atoms with Crippen LogP contribution in [0, 0.1) is 5.82 Å². The van der Waals surface area contributed by atoms with Crippen molar-refractivity contribution in [1.82, 2.24) is 14.7 Å². The Kier molecular flexibility index (Phi) is 8.59. The summed E-state index contributed by atoms with van der Waals surface area (Å²) >= 11 is 0. The molecule has 1 fully saturated rings. The molecule has 0 atom stereocenters. The summed E-state index contributed by atoms with van der Waals surface area (Å²) in [5.41, 5.74) is 3.90. The minimum absolute atomic E-state index is 0.0773. The molecule has 0 bridgehead atoms. The molecule has 3 aromatic rings. The van der Waals surface area contributed by atoms with Gasteiger partial charge >= 0.3 is 12.1 Å².